The molecule has 0 saturated heterocycles. The molecular weight excluding hydrogens is 421 g/mol. The summed E-state index contributed by atoms with van der Waals surface area (Å²) in [5, 5.41) is 9.73. The highest BCUT2D eigenvalue weighted by Crippen LogP contribution is 2.28. The normalized spacial score (nSPS) is 20.2. The van der Waals surface area contributed by atoms with Crippen molar-refractivity contribution in [2.45, 2.75) is 25.4 Å². The molecule has 0 saturated carbocycles. The van der Waals surface area contributed by atoms with Gasteiger partial charge in [0, 0.05) is 18.3 Å². The van der Waals surface area contributed by atoms with E-state index in [2.05, 4.69) is 17.1 Å². The first-order chi connectivity index (χ1) is 14.5. The largest absolute Gasteiger partial charge is 0.476 e. The van der Waals surface area contributed by atoms with Crippen LogP contribution in [0.5, 0.6) is 0 Å². The topological polar surface area (TPSA) is 65.7 Å². The van der Waals surface area contributed by atoms with Crippen LogP contribution in [0.3, 0.4) is 0 Å². The van der Waals surface area contributed by atoms with Crippen molar-refractivity contribution >= 4 is 35.3 Å². The van der Waals surface area contributed by atoms with Crippen LogP contribution in [0.25, 0.3) is 0 Å². The van der Waals surface area contributed by atoms with E-state index in [1.165, 1.54) is 5.56 Å². The number of carbonyl (C=O) groups excluding carboxylic acids is 1. The molecule has 7 heteroatoms. The Labute approximate surface area is 185 Å². The van der Waals surface area contributed by atoms with E-state index in [9.17, 15) is 4.79 Å². The predicted molar refractivity (Wildman–Crippen MR) is 117 cm³/mol. The van der Waals surface area contributed by atoms with E-state index in [-0.39, 0.29) is 17.9 Å². The van der Waals surface area contributed by atoms with E-state index in [1.54, 1.807) is 24.4 Å². The standard InChI is InChI=1S/C23H19Cl2N3O2/c24-20-7-6-17(10-21(20)25)23(29)28-13-18-4-2-1-3-16(18)9-19(28)14-30-22-8-5-15(11-26)12-27-22/h1-4,6-8,10,12,15,19H,5,9,13-14H2/t15?,19-/m0/s1. The van der Waals surface area contributed by atoms with E-state index in [0.717, 1.165) is 5.56 Å². The zero-order chi connectivity index (χ0) is 21.1. The number of carbonyl (C=O) groups is 1. The molecule has 2 atom stereocenters. The van der Waals surface area contributed by atoms with Gasteiger partial charge in [-0.1, -0.05) is 47.5 Å². The average Bonchev–Trinajstić information content (AvgIpc) is 2.78. The molecule has 4 rings (SSSR count). The smallest absolute Gasteiger partial charge is 0.254 e. The van der Waals surface area contributed by atoms with Gasteiger partial charge >= 0.3 is 0 Å². The highest BCUT2D eigenvalue weighted by Gasteiger charge is 2.31. The van der Waals surface area contributed by atoms with Gasteiger partial charge in [0.2, 0.25) is 5.88 Å². The number of benzene rings is 2. The molecule has 2 aliphatic heterocycles. The summed E-state index contributed by atoms with van der Waals surface area (Å²) in [4.78, 5) is 19.3. The third-order valence-electron chi connectivity index (χ3n) is 5.30. The van der Waals surface area contributed by atoms with Gasteiger partial charge in [-0.2, -0.15) is 5.26 Å². The van der Waals surface area contributed by atoms with Crippen LogP contribution in [0.1, 0.15) is 27.9 Å². The Hall–Kier alpha value is -2.81. The fraction of sp³-hybridized carbons (Fsp3) is 0.261. The molecule has 0 N–H and O–H groups in total. The molecule has 0 spiro atoms. The lowest BCUT2D eigenvalue weighted by Crippen LogP contribution is -2.46. The number of nitriles is 1. The second-order valence-electron chi connectivity index (χ2n) is 7.29. The molecule has 2 aliphatic rings. The van der Waals surface area contributed by atoms with E-state index < -0.39 is 0 Å². The van der Waals surface area contributed by atoms with E-state index in [1.807, 2.05) is 29.2 Å². The molecule has 0 radical (unpaired) electrons. The molecule has 0 aliphatic carbocycles. The van der Waals surface area contributed by atoms with Crippen LogP contribution in [0.4, 0.5) is 0 Å². The quantitative estimate of drug-likeness (QED) is 0.670. The van der Waals surface area contributed by atoms with Gasteiger partial charge < -0.3 is 9.64 Å². The lowest BCUT2D eigenvalue weighted by Gasteiger charge is -2.37. The van der Waals surface area contributed by atoms with Crippen LogP contribution in [0, 0.1) is 17.2 Å². The molecule has 1 unspecified atom stereocenters. The van der Waals surface area contributed by atoms with Gasteiger partial charge in [-0.25, -0.2) is 4.99 Å². The van der Waals surface area contributed by atoms with Crippen LogP contribution >= 0.6 is 23.2 Å². The van der Waals surface area contributed by atoms with Crippen molar-refractivity contribution in [3.63, 3.8) is 0 Å². The van der Waals surface area contributed by atoms with Gasteiger partial charge in [0.25, 0.3) is 5.91 Å². The van der Waals surface area contributed by atoms with Gasteiger partial charge in [-0.05, 0) is 48.2 Å². The first-order valence-electron chi connectivity index (χ1n) is 9.64. The van der Waals surface area contributed by atoms with Crippen molar-refractivity contribution in [1.82, 2.24) is 4.90 Å². The maximum atomic E-state index is 13.3. The molecule has 2 aromatic carbocycles. The minimum absolute atomic E-state index is 0.123. The Bertz CT molecular complexity index is 1070. The number of ether oxygens (including phenoxy) is 1. The predicted octanol–water partition coefficient (Wildman–Crippen LogP) is 5.03. The summed E-state index contributed by atoms with van der Waals surface area (Å²) in [7, 11) is 0. The fourth-order valence-corrected chi connectivity index (χ4v) is 3.94. The molecule has 1 amide bonds. The maximum Gasteiger partial charge on any atom is 0.254 e. The third-order valence-corrected chi connectivity index (χ3v) is 6.04. The molecule has 2 aromatic rings. The SMILES string of the molecule is N#CC1C=NC(OC[C@@H]2Cc3ccccc3CN2C(=O)c2ccc(Cl)c(Cl)c2)=CC1. The van der Waals surface area contributed by atoms with Crippen molar-refractivity contribution in [3.8, 4) is 6.07 Å². The summed E-state index contributed by atoms with van der Waals surface area (Å²) in [6, 6.07) is 15.0. The number of rotatable bonds is 4. The number of hydrogen-bond donors (Lipinski definition) is 0. The van der Waals surface area contributed by atoms with Gasteiger partial charge in [0.1, 0.15) is 6.61 Å². The zero-order valence-corrected chi connectivity index (χ0v) is 17.6. The number of hydrogen-bond acceptors (Lipinski definition) is 4. The molecule has 0 fully saturated rings. The molecule has 2 heterocycles. The third kappa shape index (κ3) is 4.35. The molecule has 0 aromatic heterocycles. The summed E-state index contributed by atoms with van der Waals surface area (Å²) in [6.07, 6.45) is 4.68. The second kappa shape index (κ2) is 8.91. The summed E-state index contributed by atoms with van der Waals surface area (Å²) >= 11 is 12.1. The monoisotopic (exact) mass is 439 g/mol. The lowest BCUT2D eigenvalue weighted by molar-refractivity contribution is 0.0492. The van der Waals surface area contributed by atoms with Crippen molar-refractivity contribution in [3.05, 3.63) is 81.2 Å². The van der Waals surface area contributed by atoms with Crippen molar-refractivity contribution < 1.29 is 9.53 Å². The average molecular weight is 440 g/mol. The molecule has 0 bridgehead atoms. The minimum Gasteiger partial charge on any atom is -0.476 e. The van der Waals surface area contributed by atoms with Crippen molar-refractivity contribution in [1.29, 1.82) is 5.26 Å². The van der Waals surface area contributed by atoms with E-state index in [4.69, 9.17) is 33.2 Å². The highest BCUT2D eigenvalue weighted by atomic mass is 35.5. The molecule has 30 heavy (non-hydrogen) atoms. The van der Waals surface area contributed by atoms with E-state index >= 15 is 0 Å². The summed E-state index contributed by atoms with van der Waals surface area (Å²) in [5.41, 5.74) is 2.81. The van der Waals surface area contributed by atoms with Crippen molar-refractivity contribution in [2.24, 2.45) is 10.9 Å². The minimum atomic E-state index is -0.216. The Balaban J connectivity index is 1.55. The number of fused-ring (bicyclic) bond motifs is 1. The number of amides is 1. The number of halogens is 2. The van der Waals surface area contributed by atoms with Gasteiger partial charge in [-0.15, -0.1) is 0 Å². The zero-order valence-electron chi connectivity index (χ0n) is 16.1. The number of allylic oxidation sites excluding steroid dienone is 1. The van der Waals surface area contributed by atoms with Crippen LogP contribution in [0.15, 0.2) is 59.4 Å². The Morgan fingerprint density at radius 1 is 1.20 bits per heavy atom. The molecule has 5 nitrogen and oxygen atoms in total. The Kier molecular flexibility index (Phi) is 6.08. The molecule has 152 valence electrons. The highest BCUT2D eigenvalue weighted by molar-refractivity contribution is 6.42. The Morgan fingerprint density at radius 2 is 2.00 bits per heavy atom. The molecular formula is C23H19Cl2N3O2. The first kappa shape index (κ1) is 20.5. The van der Waals surface area contributed by atoms with Gasteiger partial charge in [-0.3, -0.25) is 4.79 Å². The lowest BCUT2D eigenvalue weighted by atomic mass is 9.93. The maximum absolute atomic E-state index is 13.3. The summed E-state index contributed by atoms with van der Waals surface area (Å²) in [6.45, 7) is 0.796. The summed E-state index contributed by atoms with van der Waals surface area (Å²) in [5.74, 6) is 0.149. The second-order valence-corrected chi connectivity index (χ2v) is 8.11. The van der Waals surface area contributed by atoms with Gasteiger partial charge in [0.05, 0.1) is 28.1 Å². The van der Waals surface area contributed by atoms with E-state index in [0.29, 0.717) is 47.5 Å². The van der Waals surface area contributed by atoms with Gasteiger partial charge in [0.15, 0.2) is 0 Å². The Morgan fingerprint density at radius 3 is 2.70 bits per heavy atom. The van der Waals surface area contributed by atoms with Crippen LogP contribution < -0.4 is 0 Å². The number of nitrogens with zero attached hydrogens (tertiary/aromatic N) is 3. The van der Waals surface area contributed by atoms with Crippen LogP contribution in [-0.4, -0.2) is 29.7 Å². The first-order valence-corrected chi connectivity index (χ1v) is 10.4. The van der Waals surface area contributed by atoms with Crippen LogP contribution in [0.2, 0.25) is 10.0 Å². The fourth-order valence-electron chi connectivity index (χ4n) is 3.64. The van der Waals surface area contributed by atoms with Crippen LogP contribution in [-0.2, 0) is 17.7 Å². The number of aliphatic imine (C=N–C) groups is 1. The van der Waals surface area contributed by atoms with Crippen molar-refractivity contribution in [2.75, 3.05) is 6.61 Å². The summed E-state index contributed by atoms with van der Waals surface area (Å²) < 4.78 is 5.90.